The van der Waals surface area contributed by atoms with E-state index in [0.717, 1.165) is 22.0 Å². The Labute approximate surface area is 103 Å². The molecule has 2 aromatic heterocycles. The fourth-order valence-electron chi connectivity index (χ4n) is 1.62. The maximum atomic E-state index is 5.31. The third-order valence-corrected chi connectivity index (χ3v) is 3.22. The number of hydrogen-bond acceptors (Lipinski definition) is 4. The first kappa shape index (κ1) is 10.2. The molecule has 0 aliphatic rings. The van der Waals surface area contributed by atoms with Gasteiger partial charge in [0.2, 0.25) is 0 Å². The summed E-state index contributed by atoms with van der Waals surface area (Å²) in [5.74, 6) is 0.716. The third kappa shape index (κ3) is 1.99. The van der Waals surface area contributed by atoms with Gasteiger partial charge in [0.25, 0.3) is 0 Å². The Morgan fingerprint density at radius 1 is 1.12 bits per heavy atom. The van der Waals surface area contributed by atoms with Crippen LogP contribution in [-0.2, 0) is 0 Å². The van der Waals surface area contributed by atoms with Crippen molar-refractivity contribution in [1.29, 1.82) is 0 Å². The van der Waals surface area contributed by atoms with Gasteiger partial charge in [0.1, 0.15) is 11.4 Å². The summed E-state index contributed by atoms with van der Waals surface area (Å²) < 4.78 is 5.31. The van der Waals surface area contributed by atoms with E-state index in [9.17, 15) is 0 Å². The van der Waals surface area contributed by atoms with Crippen molar-refractivity contribution in [2.45, 2.75) is 6.92 Å². The van der Waals surface area contributed by atoms with Crippen molar-refractivity contribution in [1.82, 2.24) is 10.1 Å². The largest absolute Gasteiger partial charge is 0.354 e. The smallest absolute Gasteiger partial charge is 0.186 e. The SMILES string of the molecule is Cc1nc(-c2cc(-c3ccccc3)no2)cs1. The number of nitrogens with zero attached hydrogens (tertiary/aromatic N) is 2. The van der Waals surface area contributed by atoms with Crippen molar-refractivity contribution in [2.75, 3.05) is 0 Å². The van der Waals surface area contributed by atoms with E-state index < -0.39 is 0 Å². The van der Waals surface area contributed by atoms with Crippen molar-refractivity contribution in [3.8, 4) is 22.7 Å². The van der Waals surface area contributed by atoms with Crippen LogP contribution in [0.1, 0.15) is 5.01 Å². The van der Waals surface area contributed by atoms with Crippen molar-refractivity contribution in [3.63, 3.8) is 0 Å². The van der Waals surface area contributed by atoms with Crippen LogP contribution in [0, 0.1) is 6.92 Å². The van der Waals surface area contributed by atoms with Crippen LogP contribution < -0.4 is 0 Å². The van der Waals surface area contributed by atoms with E-state index in [1.165, 1.54) is 0 Å². The highest BCUT2D eigenvalue weighted by molar-refractivity contribution is 7.09. The van der Waals surface area contributed by atoms with Gasteiger partial charge in [0.15, 0.2) is 5.76 Å². The molecule has 17 heavy (non-hydrogen) atoms. The van der Waals surface area contributed by atoms with Crippen LogP contribution in [0.25, 0.3) is 22.7 Å². The number of rotatable bonds is 2. The molecule has 3 aromatic rings. The minimum atomic E-state index is 0.716. The first-order valence-electron chi connectivity index (χ1n) is 5.27. The summed E-state index contributed by atoms with van der Waals surface area (Å²) in [5.41, 5.74) is 2.74. The molecular weight excluding hydrogens is 232 g/mol. The monoisotopic (exact) mass is 242 g/mol. The fraction of sp³-hybridized carbons (Fsp3) is 0.0769. The molecular formula is C13H10N2OS. The molecule has 0 aliphatic heterocycles. The Hall–Kier alpha value is -1.94. The van der Waals surface area contributed by atoms with E-state index in [1.807, 2.05) is 48.7 Å². The van der Waals surface area contributed by atoms with Gasteiger partial charge in [-0.25, -0.2) is 4.98 Å². The molecule has 0 unspecified atom stereocenters. The predicted molar refractivity (Wildman–Crippen MR) is 67.8 cm³/mol. The van der Waals surface area contributed by atoms with Crippen LogP contribution in [-0.4, -0.2) is 10.1 Å². The average Bonchev–Trinajstić information content (AvgIpc) is 2.98. The lowest BCUT2D eigenvalue weighted by Crippen LogP contribution is -1.74. The van der Waals surface area contributed by atoms with E-state index >= 15 is 0 Å². The maximum Gasteiger partial charge on any atom is 0.186 e. The Kier molecular flexibility index (Phi) is 2.49. The zero-order valence-corrected chi connectivity index (χ0v) is 10.1. The summed E-state index contributed by atoms with van der Waals surface area (Å²) in [6, 6.07) is 11.9. The predicted octanol–water partition coefficient (Wildman–Crippen LogP) is 3.77. The van der Waals surface area contributed by atoms with Crippen LogP contribution in [0.3, 0.4) is 0 Å². The molecule has 0 bridgehead atoms. The molecule has 0 atom stereocenters. The number of aryl methyl sites for hydroxylation is 1. The Morgan fingerprint density at radius 2 is 1.94 bits per heavy atom. The van der Waals surface area contributed by atoms with Crippen molar-refractivity contribution < 1.29 is 4.52 Å². The second-order valence-corrected chi connectivity index (χ2v) is 4.76. The van der Waals surface area contributed by atoms with Crippen LogP contribution in [0.15, 0.2) is 46.3 Å². The number of aromatic nitrogens is 2. The van der Waals surface area contributed by atoms with Gasteiger partial charge in [-0.05, 0) is 6.92 Å². The highest BCUT2D eigenvalue weighted by atomic mass is 32.1. The number of hydrogen-bond donors (Lipinski definition) is 0. The van der Waals surface area contributed by atoms with Crippen LogP contribution in [0.4, 0.5) is 0 Å². The molecule has 0 N–H and O–H groups in total. The zero-order chi connectivity index (χ0) is 11.7. The van der Waals surface area contributed by atoms with Gasteiger partial charge in [-0.2, -0.15) is 0 Å². The average molecular weight is 242 g/mol. The minimum Gasteiger partial charge on any atom is -0.354 e. The van der Waals surface area contributed by atoms with Crippen molar-refractivity contribution in [2.24, 2.45) is 0 Å². The summed E-state index contributed by atoms with van der Waals surface area (Å²) in [5, 5.41) is 7.06. The summed E-state index contributed by atoms with van der Waals surface area (Å²) in [7, 11) is 0. The van der Waals surface area contributed by atoms with E-state index in [1.54, 1.807) is 11.3 Å². The molecule has 2 heterocycles. The van der Waals surface area contributed by atoms with E-state index in [2.05, 4.69) is 10.1 Å². The fourth-order valence-corrected chi connectivity index (χ4v) is 2.22. The standard InChI is InChI=1S/C13H10N2OS/c1-9-14-12(8-17-9)13-7-11(15-16-13)10-5-3-2-4-6-10/h2-8H,1H3. The van der Waals surface area contributed by atoms with Gasteiger partial charge in [-0.1, -0.05) is 35.5 Å². The highest BCUT2D eigenvalue weighted by Gasteiger charge is 2.10. The number of thiazole rings is 1. The Balaban J connectivity index is 1.99. The molecule has 3 rings (SSSR count). The third-order valence-electron chi connectivity index (χ3n) is 2.45. The second-order valence-electron chi connectivity index (χ2n) is 3.69. The lowest BCUT2D eigenvalue weighted by molar-refractivity contribution is 0.434. The van der Waals surface area contributed by atoms with Gasteiger partial charge in [-0.15, -0.1) is 11.3 Å². The van der Waals surface area contributed by atoms with Crippen LogP contribution >= 0.6 is 11.3 Å². The van der Waals surface area contributed by atoms with Gasteiger partial charge in [0, 0.05) is 17.0 Å². The lowest BCUT2D eigenvalue weighted by atomic mass is 10.1. The Morgan fingerprint density at radius 3 is 2.65 bits per heavy atom. The molecule has 4 heteroatoms. The first-order valence-corrected chi connectivity index (χ1v) is 6.15. The quantitative estimate of drug-likeness (QED) is 0.686. The molecule has 0 saturated carbocycles. The molecule has 1 aromatic carbocycles. The molecule has 0 radical (unpaired) electrons. The molecule has 0 amide bonds. The van der Waals surface area contributed by atoms with Gasteiger partial charge in [0.05, 0.1) is 5.01 Å². The molecule has 0 spiro atoms. The van der Waals surface area contributed by atoms with Crippen LogP contribution in [0.5, 0.6) is 0 Å². The summed E-state index contributed by atoms with van der Waals surface area (Å²) >= 11 is 1.61. The minimum absolute atomic E-state index is 0.716. The van der Waals surface area contributed by atoms with Gasteiger partial charge in [-0.3, -0.25) is 0 Å². The Bertz CT molecular complexity index is 628. The van der Waals surface area contributed by atoms with E-state index in [-0.39, 0.29) is 0 Å². The normalized spacial score (nSPS) is 10.6. The molecule has 3 nitrogen and oxygen atoms in total. The van der Waals surface area contributed by atoms with Crippen LogP contribution in [0.2, 0.25) is 0 Å². The van der Waals surface area contributed by atoms with Gasteiger partial charge >= 0.3 is 0 Å². The molecule has 0 saturated heterocycles. The maximum absolute atomic E-state index is 5.31. The zero-order valence-electron chi connectivity index (χ0n) is 9.25. The van der Waals surface area contributed by atoms with E-state index in [0.29, 0.717) is 5.76 Å². The second kappa shape index (κ2) is 4.14. The topological polar surface area (TPSA) is 38.9 Å². The summed E-state index contributed by atoms with van der Waals surface area (Å²) in [6.07, 6.45) is 0. The van der Waals surface area contributed by atoms with Gasteiger partial charge < -0.3 is 4.52 Å². The van der Waals surface area contributed by atoms with E-state index in [4.69, 9.17) is 4.52 Å². The summed E-state index contributed by atoms with van der Waals surface area (Å²) in [6.45, 7) is 1.97. The van der Waals surface area contributed by atoms with Crippen molar-refractivity contribution >= 4 is 11.3 Å². The van der Waals surface area contributed by atoms with Crippen molar-refractivity contribution in [3.05, 3.63) is 46.8 Å². The number of benzene rings is 1. The molecule has 0 fully saturated rings. The highest BCUT2D eigenvalue weighted by Crippen LogP contribution is 2.26. The lowest BCUT2D eigenvalue weighted by Gasteiger charge is -1.91. The first-order chi connectivity index (χ1) is 8.33. The summed E-state index contributed by atoms with van der Waals surface area (Å²) in [4.78, 5) is 4.37. The molecule has 0 aliphatic carbocycles. The molecule has 84 valence electrons.